The van der Waals surface area contributed by atoms with E-state index in [2.05, 4.69) is 26.3 Å². The molecule has 14 heavy (non-hydrogen) atoms. The van der Waals surface area contributed by atoms with E-state index in [1.54, 1.807) is 11.3 Å². The molecular formula is C9H14BrN3S. The van der Waals surface area contributed by atoms with E-state index in [1.807, 2.05) is 32.2 Å². The van der Waals surface area contributed by atoms with E-state index in [1.165, 1.54) is 0 Å². The summed E-state index contributed by atoms with van der Waals surface area (Å²) in [6, 6.07) is 1.98. The Kier molecular flexibility index (Phi) is 3.69. The number of nitrogens with two attached hydrogens (primary N) is 1. The van der Waals surface area contributed by atoms with Crippen LogP contribution in [0.4, 0.5) is 0 Å². The number of hydrogen-bond donors (Lipinski definition) is 2. The number of hydrogen-bond acceptors (Lipinski definition) is 3. The molecule has 0 aliphatic heterocycles. The molecule has 0 fully saturated rings. The van der Waals surface area contributed by atoms with Gasteiger partial charge in [0.05, 0.1) is 10.4 Å². The molecule has 0 atom stereocenters. The van der Waals surface area contributed by atoms with Crippen LogP contribution < -0.4 is 11.3 Å². The fraction of sp³-hybridized carbons (Fsp3) is 0.444. The molecule has 0 saturated heterocycles. The van der Waals surface area contributed by atoms with Crippen LogP contribution in [0.1, 0.15) is 25.6 Å². The van der Waals surface area contributed by atoms with Gasteiger partial charge in [0.15, 0.2) is 5.84 Å². The summed E-state index contributed by atoms with van der Waals surface area (Å²) < 4.78 is 1.02. The first-order valence-corrected chi connectivity index (χ1v) is 5.91. The van der Waals surface area contributed by atoms with Crippen molar-refractivity contribution in [2.24, 2.45) is 10.8 Å². The van der Waals surface area contributed by atoms with Crippen LogP contribution in [0.15, 0.2) is 20.9 Å². The summed E-state index contributed by atoms with van der Waals surface area (Å²) in [6.45, 7) is 6.10. The number of aliphatic imine (C=N–C) groups is 1. The summed E-state index contributed by atoms with van der Waals surface area (Å²) in [5.41, 5.74) is 2.50. The van der Waals surface area contributed by atoms with Gasteiger partial charge in [0, 0.05) is 4.47 Å². The van der Waals surface area contributed by atoms with E-state index in [4.69, 9.17) is 5.84 Å². The molecule has 0 bridgehead atoms. The molecule has 0 aromatic carbocycles. The maximum Gasteiger partial charge on any atom is 0.154 e. The van der Waals surface area contributed by atoms with E-state index >= 15 is 0 Å². The molecule has 0 aliphatic carbocycles. The predicted octanol–water partition coefficient (Wildman–Crippen LogP) is 2.52. The molecule has 3 nitrogen and oxygen atoms in total. The highest BCUT2D eigenvalue weighted by Gasteiger charge is 2.13. The van der Waals surface area contributed by atoms with Gasteiger partial charge < -0.3 is 5.43 Å². The van der Waals surface area contributed by atoms with Crippen LogP contribution in [-0.4, -0.2) is 11.4 Å². The van der Waals surface area contributed by atoms with Gasteiger partial charge in [0.1, 0.15) is 0 Å². The minimum atomic E-state index is -0.134. The molecule has 0 radical (unpaired) electrons. The Morgan fingerprint density at radius 2 is 2.21 bits per heavy atom. The molecule has 78 valence electrons. The van der Waals surface area contributed by atoms with E-state index in [9.17, 15) is 0 Å². The predicted molar refractivity (Wildman–Crippen MR) is 65.6 cm³/mol. The van der Waals surface area contributed by atoms with E-state index in [0.29, 0.717) is 0 Å². The number of amidine groups is 1. The van der Waals surface area contributed by atoms with Gasteiger partial charge in [-0.1, -0.05) is 0 Å². The maximum absolute atomic E-state index is 5.45. The van der Waals surface area contributed by atoms with Crippen molar-refractivity contribution in [3.05, 3.63) is 20.8 Å². The van der Waals surface area contributed by atoms with Gasteiger partial charge in [-0.3, -0.25) is 4.99 Å². The average molecular weight is 276 g/mol. The zero-order valence-corrected chi connectivity index (χ0v) is 10.9. The van der Waals surface area contributed by atoms with Crippen molar-refractivity contribution in [3.8, 4) is 0 Å². The third kappa shape index (κ3) is 3.08. The van der Waals surface area contributed by atoms with Gasteiger partial charge in [0.2, 0.25) is 0 Å². The van der Waals surface area contributed by atoms with Crippen molar-refractivity contribution in [1.82, 2.24) is 5.43 Å². The van der Waals surface area contributed by atoms with Crippen LogP contribution in [0.3, 0.4) is 0 Å². The molecule has 0 spiro atoms. The van der Waals surface area contributed by atoms with Gasteiger partial charge in [-0.05, 0) is 48.1 Å². The van der Waals surface area contributed by atoms with Crippen LogP contribution in [0.2, 0.25) is 0 Å². The zero-order valence-electron chi connectivity index (χ0n) is 8.47. The number of thiophene rings is 1. The molecule has 0 aliphatic rings. The number of nitrogens with zero attached hydrogens (tertiary/aromatic N) is 1. The Morgan fingerprint density at radius 1 is 1.57 bits per heavy atom. The van der Waals surface area contributed by atoms with Crippen LogP contribution in [-0.2, 0) is 0 Å². The fourth-order valence-corrected chi connectivity index (χ4v) is 2.46. The Balaban J connectivity index is 3.05. The lowest BCUT2D eigenvalue weighted by Gasteiger charge is -2.15. The van der Waals surface area contributed by atoms with Gasteiger partial charge in [0.25, 0.3) is 0 Å². The van der Waals surface area contributed by atoms with E-state index in [-0.39, 0.29) is 5.54 Å². The normalized spacial score (nSPS) is 13.1. The molecule has 1 aromatic heterocycles. The van der Waals surface area contributed by atoms with E-state index < -0.39 is 0 Å². The smallest absolute Gasteiger partial charge is 0.154 e. The number of halogens is 1. The Hall–Kier alpha value is -0.390. The zero-order chi connectivity index (χ0) is 10.8. The van der Waals surface area contributed by atoms with Crippen molar-refractivity contribution in [3.63, 3.8) is 0 Å². The van der Waals surface area contributed by atoms with Crippen molar-refractivity contribution >= 4 is 33.1 Å². The third-order valence-electron chi connectivity index (χ3n) is 1.42. The van der Waals surface area contributed by atoms with Crippen molar-refractivity contribution in [1.29, 1.82) is 0 Å². The van der Waals surface area contributed by atoms with Gasteiger partial charge >= 0.3 is 0 Å². The second-order valence-electron chi connectivity index (χ2n) is 3.87. The molecule has 1 heterocycles. The van der Waals surface area contributed by atoms with Crippen LogP contribution in [0.25, 0.3) is 0 Å². The highest BCUT2D eigenvalue weighted by molar-refractivity contribution is 9.10. The van der Waals surface area contributed by atoms with Crippen LogP contribution >= 0.6 is 27.3 Å². The first-order valence-electron chi connectivity index (χ1n) is 4.24. The largest absolute Gasteiger partial charge is 0.308 e. The lowest BCUT2D eigenvalue weighted by molar-refractivity contribution is 0.580. The van der Waals surface area contributed by atoms with E-state index in [0.717, 1.165) is 15.2 Å². The highest BCUT2D eigenvalue weighted by atomic mass is 79.9. The van der Waals surface area contributed by atoms with Crippen LogP contribution in [0, 0.1) is 0 Å². The summed E-state index contributed by atoms with van der Waals surface area (Å²) in [6.07, 6.45) is 0. The molecule has 3 N–H and O–H groups in total. The lowest BCUT2D eigenvalue weighted by atomic mass is 10.1. The van der Waals surface area contributed by atoms with Crippen molar-refractivity contribution in [2.45, 2.75) is 26.3 Å². The third-order valence-corrected chi connectivity index (χ3v) is 3.26. The monoisotopic (exact) mass is 275 g/mol. The summed E-state index contributed by atoms with van der Waals surface area (Å²) >= 11 is 5.05. The minimum Gasteiger partial charge on any atom is -0.308 e. The Labute approximate surface area is 96.5 Å². The Morgan fingerprint density at radius 3 is 2.57 bits per heavy atom. The first-order chi connectivity index (χ1) is 6.44. The standard InChI is InChI=1S/C9H14BrN3S/c1-9(2,3)12-8(13-11)7-6(10)4-5-14-7/h4-5H,11H2,1-3H3,(H,12,13). The molecular weight excluding hydrogens is 262 g/mol. The lowest BCUT2D eigenvalue weighted by Crippen LogP contribution is -2.33. The first kappa shape index (κ1) is 11.7. The highest BCUT2D eigenvalue weighted by Crippen LogP contribution is 2.23. The average Bonchev–Trinajstić information content (AvgIpc) is 2.45. The fourth-order valence-electron chi connectivity index (χ4n) is 0.947. The summed E-state index contributed by atoms with van der Waals surface area (Å²) in [7, 11) is 0. The molecule has 0 unspecified atom stereocenters. The quantitative estimate of drug-likeness (QED) is 0.358. The molecule has 0 saturated carbocycles. The maximum atomic E-state index is 5.45. The summed E-state index contributed by atoms with van der Waals surface area (Å²) in [4.78, 5) is 5.52. The van der Waals surface area contributed by atoms with Gasteiger partial charge in [-0.15, -0.1) is 11.3 Å². The molecule has 1 rings (SSSR count). The number of nitrogens with one attached hydrogen (secondary N) is 1. The topological polar surface area (TPSA) is 50.4 Å². The SMILES string of the molecule is CC(C)(C)N=C(NN)c1sccc1Br. The van der Waals surface area contributed by atoms with Crippen molar-refractivity contribution < 1.29 is 0 Å². The molecule has 1 aromatic rings. The summed E-state index contributed by atoms with van der Waals surface area (Å²) in [5, 5.41) is 1.99. The van der Waals surface area contributed by atoms with Gasteiger partial charge in [-0.25, -0.2) is 5.84 Å². The second-order valence-corrected chi connectivity index (χ2v) is 5.64. The van der Waals surface area contributed by atoms with Crippen molar-refractivity contribution in [2.75, 3.05) is 0 Å². The Bertz CT molecular complexity index is 338. The molecule has 0 amide bonds. The minimum absolute atomic E-state index is 0.134. The summed E-state index contributed by atoms with van der Waals surface area (Å²) in [5.74, 6) is 6.17. The van der Waals surface area contributed by atoms with Gasteiger partial charge in [-0.2, -0.15) is 0 Å². The number of hydrazine groups is 1. The number of rotatable bonds is 1. The molecule has 5 heteroatoms. The van der Waals surface area contributed by atoms with Crippen LogP contribution in [0.5, 0.6) is 0 Å². The second kappa shape index (κ2) is 4.42.